The summed E-state index contributed by atoms with van der Waals surface area (Å²) in [6.45, 7) is 6.10. The van der Waals surface area contributed by atoms with E-state index in [1.165, 1.54) is 16.1 Å². The lowest BCUT2D eigenvalue weighted by molar-refractivity contribution is -0.119. The van der Waals surface area contributed by atoms with E-state index in [-0.39, 0.29) is 11.7 Å². The Kier molecular flexibility index (Phi) is 6.92. The lowest BCUT2D eigenvalue weighted by atomic mass is 10.2. The molecule has 0 spiro atoms. The van der Waals surface area contributed by atoms with Gasteiger partial charge in [-0.1, -0.05) is 6.92 Å². The maximum atomic E-state index is 12.7. The summed E-state index contributed by atoms with van der Waals surface area (Å²) in [6, 6.07) is 8.69. The molecule has 2 aromatic rings. The van der Waals surface area contributed by atoms with Gasteiger partial charge < -0.3 is 5.32 Å². The molecule has 1 aromatic carbocycles. The van der Waals surface area contributed by atoms with Crippen molar-refractivity contribution in [2.45, 2.75) is 56.1 Å². The van der Waals surface area contributed by atoms with Gasteiger partial charge in [-0.2, -0.15) is 4.31 Å². The Balaban J connectivity index is 1.65. The number of hydrogen-bond donors (Lipinski definition) is 1. The van der Waals surface area contributed by atoms with E-state index in [2.05, 4.69) is 15.3 Å². The molecule has 156 valence electrons. The molecule has 1 amide bonds. The van der Waals surface area contributed by atoms with E-state index >= 15 is 0 Å². The summed E-state index contributed by atoms with van der Waals surface area (Å²) in [7, 11) is -3.39. The van der Waals surface area contributed by atoms with E-state index in [0.717, 1.165) is 16.3 Å². The first-order valence-electron chi connectivity index (χ1n) is 9.69. The number of amides is 1. The molecule has 7 nitrogen and oxygen atoms in total. The summed E-state index contributed by atoms with van der Waals surface area (Å²) in [4.78, 5) is 22.5. The fourth-order valence-electron chi connectivity index (χ4n) is 3.39. The van der Waals surface area contributed by atoms with Gasteiger partial charge in [0.1, 0.15) is 6.04 Å². The first-order valence-corrected chi connectivity index (χ1v) is 12.1. The molecule has 1 atom stereocenters. The molecular weight excluding hydrogens is 408 g/mol. The highest BCUT2D eigenvalue weighted by Crippen LogP contribution is 2.27. The average Bonchev–Trinajstić information content (AvgIpc) is 3.13. The maximum absolute atomic E-state index is 12.7. The van der Waals surface area contributed by atoms with E-state index in [0.29, 0.717) is 36.7 Å². The van der Waals surface area contributed by atoms with Crippen LogP contribution >= 0.6 is 11.8 Å². The van der Waals surface area contributed by atoms with Gasteiger partial charge >= 0.3 is 0 Å². The number of hydrogen-bond acceptors (Lipinski definition) is 6. The number of anilines is 1. The summed E-state index contributed by atoms with van der Waals surface area (Å²) in [5.74, 6) is -0.205. The van der Waals surface area contributed by atoms with E-state index in [4.69, 9.17) is 0 Å². The van der Waals surface area contributed by atoms with Gasteiger partial charge in [-0.3, -0.25) is 4.79 Å². The van der Waals surface area contributed by atoms with Gasteiger partial charge in [-0.05, 0) is 75.2 Å². The van der Waals surface area contributed by atoms with E-state index in [1.54, 1.807) is 0 Å². The minimum atomic E-state index is -3.39. The van der Waals surface area contributed by atoms with E-state index < -0.39 is 16.1 Å². The normalized spacial score (nSPS) is 17.4. The largest absolute Gasteiger partial charge is 0.325 e. The first kappa shape index (κ1) is 21.7. The zero-order valence-electron chi connectivity index (χ0n) is 16.9. The van der Waals surface area contributed by atoms with Crippen molar-refractivity contribution in [2.75, 3.05) is 17.6 Å². The maximum Gasteiger partial charge on any atom is 0.242 e. The van der Waals surface area contributed by atoms with Crippen molar-refractivity contribution in [2.24, 2.45) is 0 Å². The Bertz CT molecular complexity index is 957. The molecule has 1 unspecified atom stereocenters. The zero-order chi connectivity index (χ0) is 21.0. The minimum absolute atomic E-state index is 0.0726. The van der Waals surface area contributed by atoms with Crippen LogP contribution in [-0.4, -0.2) is 46.9 Å². The number of rotatable bonds is 7. The lowest BCUT2D eigenvalue weighted by Gasteiger charge is -2.23. The van der Waals surface area contributed by atoms with Crippen LogP contribution in [0.2, 0.25) is 0 Å². The predicted molar refractivity (Wildman–Crippen MR) is 115 cm³/mol. The Morgan fingerprint density at radius 2 is 1.86 bits per heavy atom. The van der Waals surface area contributed by atoms with Crippen molar-refractivity contribution in [1.29, 1.82) is 0 Å². The van der Waals surface area contributed by atoms with Crippen LogP contribution in [0, 0.1) is 13.8 Å². The quantitative estimate of drug-likeness (QED) is 0.672. The summed E-state index contributed by atoms with van der Waals surface area (Å²) in [5.41, 5.74) is 2.48. The average molecular weight is 435 g/mol. The van der Waals surface area contributed by atoms with Gasteiger partial charge in [-0.15, -0.1) is 0 Å². The first-order chi connectivity index (χ1) is 13.8. The summed E-state index contributed by atoms with van der Waals surface area (Å²) >= 11 is 1.46. The van der Waals surface area contributed by atoms with Crippen molar-refractivity contribution in [3.63, 3.8) is 0 Å². The standard InChI is InChI=1S/C20H26N4O3S2/c1-4-12-29(26,27)24-11-5-6-18(24)19(25)23-16-7-9-17(10-8-16)28-20-21-14(2)13-15(3)22-20/h7-10,13,18H,4-6,11-12H2,1-3H3,(H,23,25). The second-order valence-electron chi connectivity index (χ2n) is 7.13. The molecule has 0 bridgehead atoms. The van der Waals surface area contributed by atoms with Crippen molar-refractivity contribution in [1.82, 2.24) is 14.3 Å². The van der Waals surface area contributed by atoms with Gasteiger partial charge in [0.15, 0.2) is 5.16 Å². The third-order valence-electron chi connectivity index (χ3n) is 4.62. The van der Waals surface area contributed by atoms with Crippen LogP contribution in [0.15, 0.2) is 40.4 Å². The highest BCUT2D eigenvalue weighted by molar-refractivity contribution is 7.99. The molecule has 1 aliphatic rings. The molecule has 0 saturated carbocycles. The number of carbonyl (C=O) groups is 1. The molecular formula is C20H26N4O3S2. The van der Waals surface area contributed by atoms with Crippen LogP contribution in [-0.2, 0) is 14.8 Å². The second kappa shape index (κ2) is 9.23. The van der Waals surface area contributed by atoms with Crippen LogP contribution < -0.4 is 5.32 Å². The molecule has 2 heterocycles. The van der Waals surface area contributed by atoms with Crippen molar-refractivity contribution < 1.29 is 13.2 Å². The number of sulfonamides is 1. The Morgan fingerprint density at radius 1 is 1.21 bits per heavy atom. The lowest BCUT2D eigenvalue weighted by Crippen LogP contribution is -2.44. The second-order valence-corrected chi connectivity index (χ2v) is 10.2. The zero-order valence-corrected chi connectivity index (χ0v) is 18.5. The minimum Gasteiger partial charge on any atom is -0.325 e. The van der Waals surface area contributed by atoms with Gasteiger partial charge in [0.2, 0.25) is 15.9 Å². The van der Waals surface area contributed by atoms with Crippen LogP contribution in [0.1, 0.15) is 37.6 Å². The molecule has 9 heteroatoms. The van der Waals surface area contributed by atoms with Crippen molar-refractivity contribution in [3.8, 4) is 0 Å². The molecule has 1 aliphatic heterocycles. The summed E-state index contributed by atoms with van der Waals surface area (Å²) in [5, 5.41) is 3.53. The third-order valence-corrected chi connectivity index (χ3v) is 7.57. The van der Waals surface area contributed by atoms with Crippen molar-refractivity contribution >= 4 is 33.4 Å². The van der Waals surface area contributed by atoms with E-state index in [1.807, 2.05) is 51.1 Å². The predicted octanol–water partition coefficient (Wildman–Crippen LogP) is 3.39. The fraction of sp³-hybridized carbons (Fsp3) is 0.450. The Labute approximate surface area is 176 Å². The van der Waals surface area contributed by atoms with Crippen LogP contribution in [0.5, 0.6) is 0 Å². The smallest absolute Gasteiger partial charge is 0.242 e. The molecule has 1 fully saturated rings. The number of aryl methyl sites for hydroxylation is 2. The number of aromatic nitrogens is 2. The molecule has 29 heavy (non-hydrogen) atoms. The molecule has 1 saturated heterocycles. The summed E-state index contributed by atoms with van der Waals surface area (Å²) < 4.78 is 26.1. The van der Waals surface area contributed by atoms with Gasteiger partial charge in [0, 0.05) is 28.5 Å². The third kappa shape index (κ3) is 5.55. The van der Waals surface area contributed by atoms with Gasteiger partial charge in [0.05, 0.1) is 5.75 Å². The van der Waals surface area contributed by atoms with Crippen LogP contribution in [0.4, 0.5) is 5.69 Å². The number of benzene rings is 1. The van der Waals surface area contributed by atoms with E-state index in [9.17, 15) is 13.2 Å². The molecule has 3 rings (SSSR count). The molecule has 0 aliphatic carbocycles. The number of nitrogens with zero attached hydrogens (tertiary/aromatic N) is 3. The molecule has 1 N–H and O–H groups in total. The highest BCUT2D eigenvalue weighted by Gasteiger charge is 2.38. The summed E-state index contributed by atoms with van der Waals surface area (Å²) in [6.07, 6.45) is 1.79. The molecule has 0 radical (unpaired) electrons. The van der Waals surface area contributed by atoms with Gasteiger partial charge in [-0.25, -0.2) is 18.4 Å². The van der Waals surface area contributed by atoms with Crippen LogP contribution in [0.25, 0.3) is 0 Å². The van der Waals surface area contributed by atoms with Crippen molar-refractivity contribution in [3.05, 3.63) is 41.7 Å². The number of nitrogens with one attached hydrogen (secondary N) is 1. The molecule has 1 aromatic heterocycles. The highest BCUT2D eigenvalue weighted by atomic mass is 32.2. The topological polar surface area (TPSA) is 92.3 Å². The van der Waals surface area contributed by atoms with Gasteiger partial charge in [0.25, 0.3) is 0 Å². The Hall–Kier alpha value is -1.97. The van der Waals surface area contributed by atoms with Crippen LogP contribution in [0.3, 0.4) is 0 Å². The Morgan fingerprint density at radius 3 is 2.48 bits per heavy atom. The fourth-order valence-corrected chi connectivity index (χ4v) is 6.00. The SMILES string of the molecule is CCCS(=O)(=O)N1CCCC1C(=O)Nc1ccc(Sc2nc(C)cc(C)n2)cc1. The monoisotopic (exact) mass is 434 g/mol. The number of carbonyl (C=O) groups excluding carboxylic acids is 1.